The van der Waals surface area contributed by atoms with Crippen LogP contribution in [0.1, 0.15) is 20.0 Å². The number of carboxylic acid groups (broad SMARTS) is 1. The molecule has 110 valence electrons. The molecular formula is C15H11N3O3S. The minimum absolute atomic E-state index is 0.156. The topological polar surface area (TPSA) is 105 Å². The summed E-state index contributed by atoms with van der Waals surface area (Å²) < 4.78 is 0. The minimum atomic E-state index is -1.02. The van der Waals surface area contributed by atoms with E-state index in [2.05, 4.69) is 10.3 Å². The fraction of sp³-hybridized carbons (Fsp3) is 0. The van der Waals surface area contributed by atoms with E-state index in [1.807, 2.05) is 6.07 Å². The predicted octanol–water partition coefficient (Wildman–Crippen LogP) is 2.83. The van der Waals surface area contributed by atoms with Gasteiger partial charge in [-0.1, -0.05) is 0 Å². The van der Waals surface area contributed by atoms with Gasteiger partial charge in [0.05, 0.1) is 11.3 Å². The number of carbonyl (C=O) groups is 2. The van der Waals surface area contributed by atoms with Crippen molar-refractivity contribution in [2.75, 3.05) is 11.1 Å². The lowest BCUT2D eigenvalue weighted by Crippen LogP contribution is -2.12. The lowest BCUT2D eigenvalue weighted by Gasteiger charge is -2.04. The summed E-state index contributed by atoms with van der Waals surface area (Å²) in [7, 11) is 0. The molecule has 0 spiro atoms. The van der Waals surface area contributed by atoms with Crippen LogP contribution in [0.15, 0.2) is 42.6 Å². The normalized spacial score (nSPS) is 10.5. The number of nitrogen functional groups attached to an aromatic ring is 1. The van der Waals surface area contributed by atoms with E-state index in [4.69, 9.17) is 10.8 Å². The van der Waals surface area contributed by atoms with Gasteiger partial charge < -0.3 is 16.2 Å². The Kier molecular flexibility index (Phi) is 3.48. The summed E-state index contributed by atoms with van der Waals surface area (Å²) in [6.07, 6.45) is 1.64. The Balaban J connectivity index is 1.87. The van der Waals surface area contributed by atoms with Gasteiger partial charge in [0.2, 0.25) is 0 Å². The number of pyridine rings is 1. The van der Waals surface area contributed by atoms with Crippen molar-refractivity contribution in [1.82, 2.24) is 4.98 Å². The van der Waals surface area contributed by atoms with Crippen LogP contribution in [0.2, 0.25) is 0 Å². The van der Waals surface area contributed by atoms with Gasteiger partial charge in [-0.2, -0.15) is 0 Å². The number of carboxylic acids is 1. The van der Waals surface area contributed by atoms with Crippen molar-refractivity contribution < 1.29 is 14.7 Å². The molecule has 0 atom stereocenters. The van der Waals surface area contributed by atoms with Crippen LogP contribution in [-0.4, -0.2) is 22.0 Å². The van der Waals surface area contributed by atoms with Crippen molar-refractivity contribution in [3.8, 4) is 0 Å². The van der Waals surface area contributed by atoms with Crippen LogP contribution in [0.5, 0.6) is 0 Å². The van der Waals surface area contributed by atoms with Gasteiger partial charge in [0.25, 0.3) is 5.91 Å². The van der Waals surface area contributed by atoms with E-state index in [9.17, 15) is 9.59 Å². The lowest BCUT2D eigenvalue weighted by molar-refractivity contribution is 0.0696. The quantitative estimate of drug-likeness (QED) is 0.689. The van der Waals surface area contributed by atoms with Crippen LogP contribution in [0.3, 0.4) is 0 Å². The summed E-state index contributed by atoms with van der Waals surface area (Å²) in [5.74, 6) is -1.36. The number of rotatable bonds is 3. The Morgan fingerprint density at radius 1 is 1.18 bits per heavy atom. The summed E-state index contributed by atoms with van der Waals surface area (Å²) in [5, 5.41) is 12.3. The Bertz CT molecular complexity index is 871. The van der Waals surface area contributed by atoms with E-state index in [1.54, 1.807) is 12.3 Å². The van der Waals surface area contributed by atoms with Crippen LogP contribution in [-0.2, 0) is 0 Å². The first-order valence-corrected chi connectivity index (χ1v) is 7.15. The van der Waals surface area contributed by atoms with Crippen LogP contribution in [0, 0.1) is 0 Å². The minimum Gasteiger partial charge on any atom is -0.478 e. The van der Waals surface area contributed by atoms with Crippen molar-refractivity contribution >= 4 is 44.8 Å². The zero-order chi connectivity index (χ0) is 15.7. The molecule has 0 saturated carbocycles. The highest BCUT2D eigenvalue weighted by Crippen LogP contribution is 2.32. The number of hydrogen-bond donors (Lipinski definition) is 3. The van der Waals surface area contributed by atoms with Gasteiger partial charge in [0, 0.05) is 17.3 Å². The Morgan fingerprint density at radius 2 is 1.91 bits per heavy atom. The molecule has 1 amide bonds. The standard InChI is InChI=1S/C15H11N3O3S/c16-11-10-2-1-7-17-14(10)22-12(11)13(19)18-9-5-3-8(4-6-9)15(20)21/h1-7H,16H2,(H,18,19)(H,20,21). The summed E-state index contributed by atoms with van der Waals surface area (Å²) >= 11 is 1.22. The third kappa shape index (κ3) is 2.49. The summed E-state index contributed by atoms with van der Waals surface area (Å²) in [4.78, 5) is 28.4. The Morgan fingerprint density at radius 3 is 2.55 bits per heavy atom. The molecule has 22 heavy (non-hydrogen) atoms. The zero-order valence-electron chi connectivity index (χ0n) is 11.2. The van der Waals surface area contributed by atoms with Gasteiger partial charge in [-0.25, -0.2) is 9.78 Å². The SMILES string of the molecule is Nc1c(C(=O)Nc2ccc(C(=O)O)cc2)sc2ncccc12. The molecule has 0 saturated heterocycles. The molecule has 0 bridgehead atoms. The molecule has 4 N–H and O–H groups in total. The van der Waals surface area contributed by atoms with Crippen molar-refractivity contribution in [3.05, 3.63) is 53.0 Å². The monoisotopic (exact) mass is 313 g/mol. The number of aromatic nitrogens is 1. The highest BCUT2D eigenvalue weighted by molar-refractivity contribution is 7.21. The molecule has 2 heterocycles. The van der Waals surface area contributed by atoms with Gasteiger partial charge in [0.1, 0.15) is 9.71 Å². The highest BCUT2D eigenvalue weighted by atomic mass is 32.1. The van der Waals surface area contributed by atoms with E-state index in [1.165, 1.54) is 35.6 Å². The number of amides is 1. The molecule has 0 aliphatic rings. The number of hydrogen-bond acceptors (Lipinski definition) is 5. The predicted molar refractivity (Wildman–Crippen MR) is 85.4 cm³/mol. The fourth-order valence-corrected chi connectivity index (χ4v) is 2.96. The van der Waals surface area contributed by atoms with Crippen molar-refractivity contribution in [1.29, 1.82) is 0 Å². The molecule has 3 rings (SSSR count). The number of thiophene rings is 1. The molecule has 0 radical (unpaired) electrons. The van der Waals surface area contributed by atoms with Gasteiger partial charge in [-0.05, 0) is 36.4 Å². The molecule has 2 aromatic heterocycles. The first kappa shape index (κ1) is 14.0. The second-order valence-electron chi connectivity index (χ2n) is 4.54. The largest absolute Gasteiger partial charge is 0.478 e. The number of aromatic carboxylic acids is 1. The van der Waals surface area contributed by atoms with Gasteiger partial charge >= 0.3 is 5.97 Å². The number of benzene rings is 1. The molecule has 7 heteroatoms. The molecule has 0 aliphatic carbocycles. The smallest absolute Gasteiger partial charge is 0.335 e. The first-order chi connectivity index (χ1) is 10.6. The maximum absolute atomic E-state index is 12.3. The molecule has 6 nitrogen and oxygen atoms in total. The number of nitrogens with one attached hydrogen (secondary N) is 1. The number of nitrogens with two attached hydrogens (primary N) is 1. The average molecular weight is 313 g/mol. The second kappa shape index (κ2) is 5.45. The van der Waals surface area contributed by atoms with Crippen molar-refractivity contribution in [3.63, 3.8) is 0 Å². The van der Waals surface area contributed by atoms with Gasteiger partial charge in [0.15, 0.2) is 0 Å². The highest BCUT2D eigenvalue weighted by Gasteiger charge is 2.17. The molecule has 0 aliphatic heterocycles. The van der Waals surface area contributed by atoms with Crippen LogP contribution < -0.4 is 11.1 Å². The van der Waals surface area contributed by atoms with Gasteiger partial charge in [-0.15, -0.1) is 11.3 Å². The summed E-state index contributed by atoms with van der Waals surface area (Å²) in [6, 6.07) is 9.48. The van der Waals surface area contributed by atoms with E-state index in [0.29, 0.717) is 21.1 Å². The van der Waals surface area contributed by atoms with E-state index in [0.717, 1.165) is 5.39 Å². The summed E-state index contributed by atoms with van der Waals surface area (Å²) in [5.41, 5.74) is 7.04. The van der Waals surface area contributed by atoms with Crippen LogP contribution in [0.4, 0.5) is 11.4 Å². The molecule has 1 aromatic carbocycles. The average Bonchev–Trinajstić information content (AvgIpc) is 2.85. The van der Waals surface area contributed by atoms with E-state index >= 15 is 0 Å². The van der Waals surface area contributed by atoms with Crippen LogP contribution >= 0.6 is 11.3 Å². The maximum atomic E-state index is 12.3. The second-order valence-corrected chi connectivity index (χ2v) is 5.54. The molecule has 0 fully saturated rings. The number of fused-ring (bicyclic) bond motifs is 1. The maximum Gasteiger partial charge on any atom is 0.335 e. The van der Waals surface area contributed by atoms with Crippen molar-refractivity contribution in [2.24, 2.45) is 0 Å². The fourth-order valence-electron chi connectivity index (χ4n) is 2.00. The molecular weight excluding hydrogens is 302 g/mol. The van der Waals surface area contributed by atoms with E-state index < -0.39 is 5.97 Å². The zero-order valence-corrected chi connectivity index (χ0v) is 12.1. The number of carbonyl (C=O) groups excluding carboxylic acids is 1. The molecule has 0 unspecified atom stereocenters. The van der Waals surface area contributed by atoms with Crippen molar-refractivity contribution in [2.45, 2.75) is 0 Å². The number of anilines is 2. The lowest BCUT2D eigenvalue weighted by atomic mass is 10.2. The summed E-state index contributed by atoms with van der Waals surface area (Å²) in [6.45, 7) is 0. The third-order valence-corrected chi connectivity index (χ3v) is 4.23. The van der Waals surface area contributed by atoms with Gasteiger partial charge in [-0.3, -0.25) is 4.79 Å². The van der Waals surface area contributed by atoms with E-state index in [-0.39, 0.29) is 11.5 Å². The third-order valence-electron chi connectivity index (χ3n) is 3.10. The first-order valence-electron chi connectivity index (χ1n) is 6.34. The molecule has 3 aromatic rings. The Hall–Kier alpha value is -2.93. The Labute approximate surface area is 129 Å². The number of nitrogens with zero attached hydrogens (tertiary/aromatic N) is 1. The van der Waals surface area contributed by atoms with Crippen LogP contribution in [0.25, 0.3) is 10.2 Å².